The third-order valence-electron chi connectivity index (χ3n) is 4.84. The van der Waals surface area contributed by atoms with Crippen LogP contribution in [0.15, 0.2) is 42.6 Å². The molecule has 0 spiro atoms. The second-order valence-corrected chi connectivity index (χ2v) is 7.00. The number of nitrogens with zero attached hydrogens (tertiary/aromatic N) is 2. The lowest BCUT2D eigenvalue weighted by Gasteiger charge is -2.31. The summed E-state index contributed by atoms with van der Waals surface area (Å²) >= 11 is 5.76. The highest BCUT2D eigenvalue weighted by molar-refractivity contribution is 7.80. The SMILES string of the molecule is Cc1ccc(NC(=S)N(Cc2ccccn2)C2CCCC2)cc1C. The van der Waals surface area contributed by atoms with Crippen molar-refractivity contribution in [2.75, 3.05) is 5.32 Å². The zero-order valence-corrected chi connectivity index (χ0v) is 15.3. The van der Waals surface area contributed by atoms with E-state index in [-0.39, 0.29) is 0 Å². The molecule has 0 aliphatic heterocycles. The van der Waals surface area contributed by atoms with E-state index in [9.17, 15) is 0 Å². The second-order valence-electron chi connectivity index (χ2n) is 6.62. The number of benzene rings is 1. The summed E-state index contributed by atoms with van der Waals surface area (Å²) in [7, 11) is 0. The lowest BCUT2D eigenvalue weighted by atomic mass is 10.1. The average molecular weight is 340 g/mol. The van der Waals surface area contributed by atoms with Crippen LogP contribution in [0.4, 0.5) is 5.69 Å². The summed E-state index contributed by atoms with van der Waals surface area (Å²) in [6.07, 6.45) is 6.84. The van der Waals surface area contributed by atoms with Crippen LogP contribution in [0, 0.1) is 13.8 Å². The molecule has 0 radical (unpaired) electrons. The summed E-state index contributed by atoms with van der Waals surface area (Å²) in [5, 5.41) is 4.24. The first kappa shape index (κ1) is 16.9. The first-order chi connectivity index (χ1) is 11.6. The zero-order valence-electron chi connectivity index (χ0n) is 14.5. The Hall–Kier alpha value is -1.94. The minimum atomic E-state index is 0.513. The standard InChI is InChI=1S/C20H25N3S/c1-15-10-11-17(13-16(15)2)22-20(24)23(19-8-3-4-9-19)14-18-7-5-6-12-21-18/h5-7,10-13,19H,3-4,8-9,14H2,1-2H3,(H,22,24). The Labute approximate surface area is 150 Å². The zero-order chi connectivity index (χ0) is 16.9. The third-order valence-corrected chi connectivity index (χ3v) is 5.18. The number of aryl methyl sites for hydroxylation is 2. The molecule has 0 unspecified atom stereocenters. The third kappa shape index (κ3) is 4.12. The van der Waals surface area contributed by atoms with Gasteiger partial charge in [0.05, 0.1) is 12.2 Å². The summed E-state index contributed by atoms with van der Waals surface area (Å²) in [4.78, 5) is 6.80. The molecule has 1 aliphatic carbocycles. The van der Waals surface area contributed by atoms with Gasteiger partial charge in [-0.3, -0.25) is 4.98 Å². The van der Waals surface area contributed by atoms with Crippen molar-refractivity contribution >= 4 is 23.0 Å². The van der Waals surface area contributed by atoms with Gasteiger partial charge in [-0.2, -0.15) is 0 Å². The molecule has 2 aromatic rings. The Balaban J connectivity index is 1.76. The van der Waals surface area contributed by atoms with Gasteiger partial charge >= 0.3 is 0 Å². The van der Waals surface area contributed by atoms with E-state index in [0.29, 0.717) is 6.04 Å². The summed E-state index contributed by atoms with van der Waals surface area (Å²) in [6, 6.07) is 13.0. The minimum absolute atomic E-state index is 0.513. The molecule has 3 rings (SSSR count). The fourth-order valence-electron chi connectivity index (χ4n) is 3.26. The topological polar surface area (TPSA) is 28.2 Å². The molecule has 0 amide bonds. The fraction of sp³-hybridized carbons (Fsp3) is 0.400. The van der Waals surface area contributed by atoms with E-state index in [1.165, 1.54) is 36.8 Å². The number of anilines is 1. The summed E-state index contributed by atoms with van der Waals surface area (Å²) < 4.78 is 0. The fourth-order valence-corrected chi connectivity index (χ4v) is 3.59. The monoisotopic (exact) mass is 339 g/mol. The number of aromatic nitrogens is 1. The van der Waals surface area contributed by atoms with Crippen LogP contribution in [-0.2, 0) is 6.54 Å². The smallest absolute Gasteiger partial charge is 0.174 e. The van der Waals surface area contributed by atoms with Gasteiger partial charge in [-0.15, -0.1) is 0 Å². The van der Waals surface area contributed by atoms with Crippen molar-refractivity contribution in [2.45, 2.75) is 52.1 Å². The van der Waals surface area contributed by atoms with E-state index in [1.54, 1.807) is 0 Å². The molecule has 126 valence electrons. The molecular formula is C20H25N3S. The van der Waals surface area contributed by atoms with Crippen molar-refractivity contribution < 1.29 is 0 Å². The molecule has 1 heterocycles. The van der Waals surface area contributed by atoms with Crippen LogP contribution in [0.3, 0.4) is 0 Å². The lowest BCUT2D eigenvalue weighted by molar-refractivity contribution is 0.309. The Morgan fingerprint density at radius 3 is 2.62 bits per heavy atom. The van der Waals surface area contributed by atoms with Crippen LogP contribution in [-0.4, -0.2) is 21.0 Å². The van der Waals surface area contributed by atoms with Crippen LogP contribution >= 0.6 is 12.2 Å². The van der Waals surface area contributed by atoms with E-state index < -0.39 is 0 Å². The molecule has 1 aliphatic rings. The molecule has 24 heavy (non-hydrogen) atoms. The molecule has 1 aromatic carbocycles. The minimum Gasteiger partial charge on any atom is -0.340 e. The van der Waals surface area contributed by atoms with E-state index in [1.807, 2.05) is 18.3 Å². The maximum atomic E-state index is 5.76. The molecule has 1 aromatic heterocycles. The number of hydrogen-bond acceptors (Lipinski definition) is 2. The summed E-state index contributed by atoms with van der Waals surface area (Å²) in [5.41, 5.74) is 4.70. The van der Waals surface area contributed by atoms with Gasteiger partial charge in [0.25, 0.3) is 0 Å². The molecular weight excluding hydrogens is 314 g/mol. The van der Waals surface area contributed by atoms with Crippen molar-refractivity contribution in [3.63, 3.8) is 0 Å². The summed E-state index contributed by atoms with van der Waals surface area (Å²) in [6.45, 7) is 5.03. The molecule has 0 saturated heterocycles. The van der Waals surface area contributed by atoms with Gasteiger partial charge in [-0.25, -0.2) is 0 Å². The number of nitrogens with one attached hydrogen (secondary N) is 1. The number of hydrogen-bond donors (Lipinski definition) is 1. The van der Waals surface area contributed by atoms with Gasteiger partial charge in [0.15, 0.2) is 5.11 Å². The van der Waals surface area contributed by atoms with Crippen LogP contribution < -0.4 is 5.32 Å². The Bertz CT molecular complexity index is 693. The summed E-state index contributed by atoms with van der Waals surface area (Å²) in [5.74, 6) is 0. The average Bonchev–Trinajstić information content (AvgIpc) is 3.11. The Morgan fingerprint density at radius 1 is 1.17 bits per heavy atom. The largest absolute Gasteiger partial charge is 0.340 e. The molecule has 4 heteroatoms. The van der Waals surface area contributed by atoms with Crippen LogP contribution in [0.2, 0.25) is 0 Å². The van der Waals surface area contributed by atoms with Gasteiger partial charge in [0.1, 0.15) is 0 Å². The normalized spacial score (nSPS) is 14.6. The molecule has 0 bridgehead atoms. The number of rotatable bonds is 4. The van der Waals surface area contributed by atoms with E-state index in [4.69, 9.17) is 12.2 Å². The highest BCUT2D eigenvalue weighted by Gasteiger charge is 2.25. The van der Waals surface area contributed by atoms with E-state index >= 15 is 0 Å². The van der Waals surface area contributed by atoms with E-state index in [0.717, 1.165) is 23.0 Å². The van der Waals surface area contributed by atoms with Gasteiger partial charge in [-0.1, -0.05) is 25.0 Å². The van der Waals surface area contributed by atoms with Crippen molar-refractivity contribution in [3.05, 3.63) is 59.4 Å². The first-order valence-electron chi connectivity index (χ1n) is 8.68. The van der Waals surface area contributed by atoms with Gasteiger partial charge in [0, 0.05) is 17.9 Å². The van der Waals surface area contributed by atoms with Gasteiger partial charge in [0.2, 0.25) is 0 Å². The maximum absolute atomic E-state index is 5.76. The van der Waals surface area contributed by atoms with E-state index in [2.05, 4.69) is 53.3 Å². The van der Waals surface area contributed by atoms with Crippen molar-refractivity contribution in [3.8, 4) is 0 Å². The lowest BCUT2D eigenvalue weighted by Crippen LogP contribution is -2.41. The quantitative estimate of drug-likeness (QED) is 0.807. The van der Waals surface area contributed by atoms with Crippen molar-refractivity contribution in [2.24, 2.45) is 0 Å². The molecule has 1 saturated carbocycles. The Morgan fingerprint density at radius 2 is 1.96 bits per heavy atom. The second kappa shape index (κ2) is 7.75. The molecule has 1 N–H and O–H groups in total. The molecule has 1 fully saturated rings. The number of pyridine rings is 1. The highest BCUT2D eigenvalue weighted by Crippen LogP contribution is 2.26. The van der Waals surface area contributed by atoms with Crippen molar-refractivity contribution in [1.82, 2.24) is 9.88 Å². The van der Waals surface area contributed by atoms with Crippen LogP contribution in [0.5, 0.6) is 0 Å². The van der Waals surface area contributed by atoms with Crippen molar-refractivity contribution in [1.29, 1.82) is 0 Å². The van der Waals surface area contributed by atoms with Crippen LogP contribution in [0.25, 0.3) is 0 Å². The van der Waals surface area contributed by atoms with Gasteiger partial charge in [-0.05, 0) is 74.3 Å². The predicted octanol–water partition coefficient (Wildman–Crippen LogP) is 4.84. The molecule has 3 nitrogen and oxygen atoms in total. The predicted molar refractivity (Wildman–Crippen MR) is 104 cm³/mol. The maximum Gasteiger partial charge on any atom is 0.174 e. The number of thiocarbonyl (C=S) groups is 1. The molecule has 0 atom stereocenters. The van der Waals surface area contributed by atoms with Gasteiger partial charge < -0.3 is 10.2 Å². The first-order valence-corrected chi connectivity index (χ1v) is 9.09. The Kier molecular flexibility index (Phi) is 5.46. The highest BCUT2D eigenvalue weighted by atomic mass is 32.1. The van der Waals surface area contributed by atoms with Crippen LogP contribution in [0.1, 0.15) is 42.5 Å².